The predicted octanol–water partition coefficient (Wildman–Crippen LogP) is 4.44. The molecule has 0 bridgehead atoms. The highest BCUT2D eigenvalue weighted by molar-refractivity contribution is 5.91. The lowest BCUT2D eigenvalue weighted by Crippen LogP contribution is -2.68. The highest BCUT2D eigenvalue weighted by atomic mass is 16.6. The SMILES string of the molecule is C=CCN1CC[C@@]2(c3cccc(OC)c3)C[C@H](N(C)C(=O)/C=C/c3ccoc3)CC[C@]2(OC(C)=O)C1. The Morgan fingerprint density at radius 1 is 1.31 bits per heavy atom. The molecule has 4 rings (SSSR count). The maximum absolute atomic E-state index is 13.1. The van der Waals surface area contributed by atoms with Crippen molar-refractivity contribution in [1.82, 2.24) is 9.80 Å². The minimum atomic E-state index is -0.709. The summed E-state index contributed by atoms with van der Waals surface area (Å²) in [6.07, 6.45) is 11.3. The third-order valence-corrected chi connectivity index (χ3v) is 7.88. The fourth-order valence-electron chi connectivity index (χ4n) is 6.08. The number of amides is 1. The summed E-state index contributed by atoms with van der Waals surface area (Å²) < 4.78 is 16.9. The summed E-state index contributed by atoms with van der Waals surface area (Å²) in [7, 11) is 3.52. The van der Waals surface area contributed by atoms with E-state index in [-0.39, 0.29) is 17.9 Å². The maximum Gasteiger partial charge on any atom is 0.303 e. The van der Waals surface area contributed by atoms with Gasteiger partial charge in [0.05, 0.1) is 19.6 Å². The van der Waals surface area contributed by atoms with E-state index in [0.717, 1.165) is 42.8 Å². The molecule has 2 aliphatic rings. The van der Waals surface area contributed by atoms with Gasteiger partial charge in [0.15, 0.2) is 0 Å². The van der Waals surface area contributed by atoms with Gasteiger partial charge in [-0.05, 0) is 62.1 Å². The second-order valence-corrected chi connectivity index (χ2v) is 9.91. The van der Waals surface area contributed by atoms with Gasteiger partial charge in [0, 0.05) is 50.2 Å². The normalized spacial score (nSPS) is 26.2. The predicted molar refractivity (Wildman–Crippen MR) is 139 cm³/mol. The van der Waals surface area contributed by atoms with Crippen molar-refractivity contribution in [3.05, 3.63) is 72.7 Å². The van der Waals surface area contributed by atoms with Gasteiger partial charge in [-0.3, -0.25) is 14.5 Å². The number of hydrogen-bond acceptors (Lipinski definition) is 6. The largest absolute Gasteiger partial charge is 0.497 e. The number of furan rings is 1. The van der Waals surface area contributed by atoms with Crippen LogP contribution < -0.4 is 4.74 Å². The first kappa shape index (κ1) is 25.8. The van der Waals surface area contributed by atoms with Gasteiger partial charge in [0.1, 0.15) is 11.4 Å². The van der Waals surface area contributed by atoms with E-state index in [2.05, 4.69) is 23.6 Å². The van der Waals surface area contributed by atoms with Gasteiger partial charge in [-0.15, -0.1) is 6.58 Å². The van der Waals surface area contributed by atoms with Gasteiger partial charge >= 0.3 is 5.97 Å². The third-order valence-electron chi connectivity index (χ3n) is 7.88. The highest BCUT2D eigenvalue weighted by Crippen LogP contribution is 2.54. The number of carbonyl (C=O) groups excluding carboxylic acids is 2. The zero-order valence-electron chi connectivity index (χ0n) is 21.4. The highest BCUT2D eigenvalue weighted by Gasteiger charge is 2.61. The van der Waals surface area contributed by atoms with Gasteiger partial charge in [-0.2, -0.15) is 0 Å². The molecule has 0 N–H and O–H groups in total. The molecule has 2 fully saturated rings. The Bertz CT molecular complexity index is 1110. The quantitative estimate of drug-likeness (QED) is 0.308. The summed E-state index contributed by atoms with van der Waals surface area (Å²) in [5.74, 6) is 0.418. The Morgan fingerprint density at radius 3 is 2.83 bits per heavy atom. The Balaban J connectivity index is 1.71. The zero-order chi connectivity index (χ0) is 25.8. The molecule has 2 heterocycles. The summed E-state index contributed by atoms with van der Waals surface area (Å²) in [4.78, 5) is 29.7. The first-order chi connectivity index (χ1) is 17.3. The van der Waals surface area contributed by atoms with Crippen LogP contribution in [0, 0.1) is 0 Å². The summed E-state index contributed by atoms with van der Waals surface area (Å²) in [6, 6.07) is 9.89. The van der Waals surface area contributed by atoms with Crippen LogP contribution in [0.15, 0.2) is 66.0 Å². The minimum Gasteiger partial charge on any atom is -0.497 e. The lowest BCUT2D eigenvalue weighted by molar-refractivity contribution is -0.189. The smallest absolute Gasteiger partial charge is 0.303 e. The van der Waals surface area contributed by atoms with Crippen LogP contribution in [0.1, 0.15) is 43.7 Å². The van der Waals surface area contributed by atoms with Crippen molar-refractivity contribution >= 4 is 18.0 Å². The second-order valence-electron chi connectivity index (χ2n) is 9.91. The van der Waals surface area contributed by atoms with E-state index in [0.29, 0.717) is 19.4 Å². The molecule has 0 unspecified atom stereocenters. The van der Waals surface area contributed by atoms with Gasteiger partial charge in [-0.25, -0.2) is 0 Å². The molecular weight excluding hydrogens is 456 g/mol. The number of rotatable bonds is 8. The van der Waals surface area contributed by atoms with Crippen LogP contribution in [-0.2, 0) is 19.7 Å². The first-order valence-electron chi connectivity index (χ1n) is 12.5. The molecular formula is C29H36N2O5. The van der Waals surface area contributed by atoms with Crippen molar-refractivity contribution in [2.24, 2.45) is 0 Å². The molecule has 192 valence electrons. The van der Waals surface area contributed by atoms with Crippen LogP contribution in [0.2, 0.25) is 0 Å². The zero-order valence-corrected chi connectivity index (χ0v) is 21.4. The minimum absolute atomic E-state index is 0.00709. The van der Waals surface area contributed by atoms with Crippen LogP contribution in [-0.4, -0.2) is 67.1 Å². The van der Waals surface area contributed by atoms with E-state index in [1.807, 2.05) is 36.2 Å². The summed E-state index contributed by atoms with van der Waals surface area (Å²) in [5.41, 5.74) is 0.758. The molecule has 1 aromatic carbocycles. The van der Waals surface area contributed by atoms with Gasteiger partial charge in [0.2, 0.25) is 5.91 Å². The standard InChI is InChI=1S/C29H36N2O5/c1-5-15-31-16-14-28(24-7-6-8-26(18-24)34-4)19-25(11-13-29(28,21-31)36-22(2)32)30(3)27(33)10-9-23-12-17-35-20-23/h5-10,12,17-18,20,25H,1,11,13-16,19,21H2,2-4H3/b10-9+/t25-,28+,29+/m1/s1. The average molecular weight is 493 g/mol. The fourth-order valence-corrected chi connectivity index (χ4v) is 6.08. The number of carbonyl (C=O) groups is 2. The molecule has 0 radical (unpaired) electrons. The van der Waals surface area contributed by atoms with Crippen LogP contribution in [0.3, 0.4) is 0 Å². The number of likely N-dealkylation sites (tertiary alicyclic amines) is 1. The summed E-state index contributed by atoms with van der Waals surface area (Å²) in [6.45, 7) is 7.60. The monoisotopic (exact) mass is 492 g/mol. The first-order valence-corrected chi connectivity index (χ1v) is 12.5. The number of benzene rings is 1. The number of piperidine rings is 1. The molecule has 3 atom stereocenters. The molecule has 36 heavy (non-hydrogen) atoms. The Hall–Kier alpha value is -3.32. The molecule has 1 aromatic heterocycles. The van der Waals surface area contributed by atoms with E-state index >= 15 is 0 Å². The molecule has 1 saturated carbocycles. The molecule has 1 saturated heterocycles. The molecule has 1 aliphatic carbocycles. The fraction of sp³-hybridized carbons (Fsp3) is 0.448. The summed E-state index contributed by atoms with van der Waals surface area (Å²) >= 11 is 0. The number of methoxy groups -OCH3 is 1. The van der Waals surface area contributed by atoms with E-state index in [1.165, 1.54) is 6.92 Å². The van der Waals surface area contributed by atoms with Crippen molar-refractivity contribution in [3.63, 3.8) is 0 Å². The number of likely N-dealkylation sites (N-methyl/N-ethyl adjacent to an activating group) is 1. The van der Waals surface area contributed by atoms with E-state index in [9.17, 15) is 9.59 Å². The van der Waals surface area contributed by atoms with Crippen molar-refractivity contribution in [2.45, 2.75) is 49.7 Å². The molecule has 1 aliphatic heterocycles. The van der Waals surface area contributed by atoms with Crippen molar-refractivity contribution < 1.29 is 23.5 Å². The topological polar surface area (TPSA) is 72.2 Å². The molecule has 7 heteroatoms. The second kappa shape index (κ2) is 10.7. The van der Waals surface area contributed by atoms with Gasteiger partial charge in [-0.1, -0.05) is 18.2 Å². The molecule has 0 spiro atoms. The van der Waals surface area contributed by atoms with E-state index in [1.54, 1.807) is 31.8 Å². The lowest BCUT2D eigenvalue weighted by atomic mass is 9.55. The molecule has 2 aromatic rings. The lowest BCUT2D eigenvalue weighted by Gasteiger charge is -2.60. The third kappa shape index (κ3) is 4.98. The average Bonchev–Trinajstić information content (AvgIpc) is 3.40. The van der Waals surface area contributed by atoms with Crippen molar-refractivity contribution in [2.75, 3.05) is 33.8 Å². The van der Waals surface area contributed by atoms with Crippen LogP contribution in [0.4, 0.5) is 0 Å². The van der Waals surface area contributed by atoms with Gasteiger partial charge in [0.25, 0.3) is 0 Å². The number of hydrogen-bond donors (Lipinski definition) is 0. The number of esters is 1. The number of ether oxygens (including phenoxy) is 2. The maximum atomic E-state index is 13.1. The van der Waals surface area contributed by atoms with E-state index < -0.39 is 11.0 Å². The van der Waals surface area contributed by atoms with Crippen LogP contribution in [0.25, 0.3) is 6.08 Å². The van der Waals surface area contributed by atoms with Crippen molar-refractivity contribution in [1.29, 1.82) is 0 Å². The Kier molecular flexibility index (Phi) is 7.69. The van der Waals surface area contributed by atoms with Gasteiger partial charge < -0.3 is 18.8 Å². The molecule has 1 amide bonds. The Morgan fingerprint density at radius 2 is 2.14 bits per heavy atom. The van der Waals surface area contributed by atoms with Crippen LogP contribution in [0.5, 0.6) is 5.75 Å². The number of nitrogens with zero attached hydrogens (tertiary/aromatic N) is 2. The number of fused-ring (bicyclic) bond motifs is 1. The van der Waals surface area contributed by atoms with Crippen LogP contribution >= 0.6 is 0 Å². The van der Waals surface area contributed by atoms with Crippen molar-refractivity contribution in [3.8, 4) is 5.75 Å². The Labute approximate surface area is 213 Å². The summed E-state index contributed by atoms with van der Waals surface area (Å²) in [5, 5.41) is 0. The molecule has 7 nitrogen and oxygen atoms in total. The van der Waals surface area contributed by atoms with E-state index in [4.69, 9.17) is 13.9 Å².